The number of nitrogens with zero attached hydrogens (tertiary/aromatic N) is 2. The monoisotopic (exact) mass is 542 g/mol. The van der Waals surface area contributed by atoms with Gasteiger partial charge in [0, 0.05) is 55.9 Å². The van der Waals surface area contributed by atoms with E-state index in [1.807, 2.05) is 19.1 Å². The highest BCUT2D eigenvalue weighted by molar-refractivity contribution is 14.0. The Bertz CT molecular complexity index is 680. The molecule has 0 radical (unpaired) electrons. The van der Waals surface area contributed by atoms with Gasteiger partial charge in [-0.3, -0.25) is 4.79 Å². The molecule has 0 unspecified atom stereocenters. The van der Waals surface area contributed by atoms with E-state index >= 15 is 0 Å². The maximum atomic E-state index is 11.8. The summed E-state index contributed by atoms with van der Waals surface area (Å²) in [5.74, 6) is 0.567. The van der Waals surface area contributed by atoms with E-state index in [9.17, 15) is 4.79 Å². The van der Waals surface area contributed by atoms with Gasteiger partial charge >= 0.3 is 0 Å². The van der Waals surface area contributed by atoms with Crippen LogP contribution < -0.4 is 10.6 Å². The van der Waals surface area contributed by atoms with Crippen LogP contribution in [0.1, 0.15) is 25.3 Å². The fourth-order valence-corrected chi connectivity index (χ4v) is 3.71. The maximum absolute atomic E-state index is 11.8. The van der Waals surface area contributed by atoms with Crippen LogP contribution in [0.3, 0.4) is 0 Å². The van der Waals surface area contributed by atoms with Crippen molar-refractivity contribution in [1.29, 1.82) is 0 Å². The Morgan fingerprint density at radius 2 is 1.93 bits per heavy atom. The third-order valence-corrected chi connectivity index (χ3v) is 5.31. The quantitative estimate of drug-likeness (QED) is 0.329. The van der Waals surface area contributed by atoms with Gasteiger partial charge in [-0.1, -0.05) is 29.3 Å². The first-order valence-electron chi connectivity index (χ1n) is 9.13. The number of nitrogens with one attached hydrogen (secondary N) is 2. The van der Waals surface area contributed by atoms with Gasteiger partial charge in [0.25, 0.3) is 0 Å². The van der Waals surface area contributed by atoms with Gasteiger partial charge in [-0.05, 0) is 37.5 Å². The Balaban J connectivity index is 0.00000392. The number of guanidine groups is 1. The van der Waals surface area contributed by atoms with Gasteiger partial charge in [-0.25, -0.2) is 4.99 Å². The highest BCUT2D eigenvalue weighted by Crippen LogP contribution is 2.39. The van der Waals surface area contributed by atoms with Crippen molar-refractivity contribution in [2.24, 2.45) is 4.99 Å². The normalized spacial score (nSPS) is 16.1. The second-order valence-corrected chi connectivity index (χ2v) is 7.70. The van der Waals surface area contributed by atoms with Gasteiger partial charge in [0.1, 0.15) is 6.54 Å². The summed E-state index contributed by atoms with van der Waals surface area (Å²) >= 11 is 12.6. The van der Waals surface area contributed by atoms with Gasteiger partial charge in [0.05, 0.1) is 0 Å². The van der Waals surface area contributed by atoms with Gasteiger partial charge in [0.15, 0.2) is 5.96 Å². The lowest BCUT2D eigenvalue weighted by atomic mass is 9.74. The predicted octanol–water partition coefficient (Wildman–Crippen LogP) is 3.30. The van der Waals surface area contributed by atoms with Crippen LogP contribution in [0.25, 0.3) is 0 Å². The highest BCUT2D eigenvalue weighted by Gasteiger charge is 2.36. The van der Waals surface area contributed by atoms with E-state index in [2.05, 4.69) is 15.6 Å². The molecule has 1 aromatic carbocycles. The molecule has 6 nitrogen and oxygen atoms in total. The zero-order valence-electron chi connectivity index (χ0n) is 16.6. The van der Waals surface area contributed by atoms with Crippen LogP contribution in [0.2, 0.25) is 10.0 Å². The highest BCUT2D eigenvalue weighted by atomic mass is 127. The van der Waals surface area contributed by atoms with Crippen LogP contribution in [0, 0.1) is 0 Å². The fourth-order valence-electron chi connectivity index (χ4n) is 3.11. The largest absolute Gasteiger partial charge is 0.381 e. The van der Waals surface area contributed by atoms with Crippen LogP contribution in [-0.2, 0) is 14.9 Å². The molecule has 1 aliphatic heterocycles. The van der Waals surface area contributed by atoms with Gasteiger partial charge in [-0.15, -0.1) is 24.0 Å². The molecule has 1 aliphatic rings. The first kappa shape index (κ1) is 25.3. The number of hydrogen-bond acceptors (Lipinski definition) is 3. The van der Waals surface area contributed by atoms with E-state index in [0.717, 1.165) is 18.4 Å². The fraction of sp³-hybridized carbons (Fsp3) is 0.579. The van der Waals surface area contributed by atoms with Crippen molar-refractivity contribution in [3.63, 3.8) is 0 Å². The summed E-state index contributed by atoms with van der Waals surface area (Å²) in [6.07, 6.45) is 1.69. The van der Waals surface area contributed by atoms with Crippen molar-refractivity contribution >= 4 is 59.0 Å². The topological polar surface area (TPSA) is 66.0 Å². The lowest BCUT2D eigenvalue weighted by Crippen LogP contribution is -2.48. The van der Waals surface area contributed by atoms with E-state index in [4.69, 9.17) is 27.9 Å². The third kappa shape index (κ3) is 6.93. The van der Waals surface area contributed by atoms with Crippen molar-refractivity contribution in [2.45, 2.75) is 25.2 Å². The Hall–Kier alpha value is -0.770. The molecule has 1 amide bonds. The van der Waals surface area contributed by atoms with Crippen LogP contribution in [0.4, 0.5) is 0 Å². The molecule has 0 saturated carbocycles. The molecular weight excluding hydrogens is 514 g/mol. The second-order valence-electron chi connectivity index (χ2n) is 6.85. The molecule has 0 bridgehead atoms. The van der Waals surface area contributed by atoms with Crippen molar-refractivity contribution in [3.8, 4) is 0 Å². The average Bonchev–Trinajstić information content (AvgIpc) is 2.64. The van der Waals surface area contributed by atoms with Crippen molar-refractivity contribution in [2.75, 3.05) is 46.9 Å². The van der Waals surface area contributed by atoms with Crippen molar-refractivity contribution in [3.05, 3.63) is 33.8 Å². The van der Waals surface area contributed by atoms with Crippen LogP contribution >= 0.6 is 47.2 Å². The molecule has 0 aliphatic carbocycles. The standard InChI is InChI=1S/C19H28Cl2N4O2.HI/c1-4-22-18(23-12-17(26)25(2)3)24-13-19(7-9-27-10-8-19)15-6-5-14(20)11-16(15)21;/h5-6,11H,4,7-10,12-13H2,1-3H3,(H2,22,23,24);1H. The minimum Gasteiger partial charge on any atom is -0.381 e. The Labute approximate surface area is 194 Å². The number of ether oxygens (including phenoxy) is 1. The summed E-state index contributed by atoms with van der Waals surface area (Å²) in [7, 11) is 3.44. The summed E-state index contributed by atoms with van der Waals surface area (Å²) in [6.45, 7) is 4.78. The van der Waals surface area contributed by atoms with Crippen molar-refractivity contribution in [1.82, 2.24) is 15.5 Å². The molecule has 9 heteroatoms. The number of carbonyl (C=O) groups excluding carboxylic acids is 1. The summed E-state index contributed by atoms with van der Waals surface area (Å²) in [6, 6.07) is 5.65. The van der Waals surface area contributed by atoms with Crippen LogP contribution in [0.5, 0.6) is 0 Å². The number of hydrogen-bond donors (Lipinski definition) is 2. The SMILES string of the molecule is CCNC(=NCC(=O)N(C)C)NCC1(c2ccc(Cl)cc2Cl)CCOCC1.I. The summed E-state index contributed by atoms with van der Waals surface area (Å²) in [5.41, 5.74) is 0.881. The van der Waals surface area contributed by atoms with Crippen LogP contribution in [0.15, 0.2) is 23.2 Å². The zero-order valence-corrected chi connectivity index (χ0v) is 20.4. The lowest BCUT2D eigenvalue weighted by Gasteiger charge is -2.39. The Morgan fingerprint density at radius 1 is 1.25 bits per heavy atom. The number of carbonyl (C=O) groups is 1. The van der Waals surface area contributed by atoms with E-state index in [1.165, 1.54) is 4.90 Å². The minimum absolute atomic E-state index is 0. The number of rotatable bonds is 6. The Morgan fingerprint density at radius 3 is 2.50 bits per heavy atom. The molecule has 1 heterocycles. The molecule has 28 heavy (non-hydrogen) atoms. The predicted molar refractivity (Wildman–Crippen MR) is 126 cm³/mol. The van der Waals surface area contributed by atoms with Gasteiger partial charge in [0.2, 0.25) is 5.91 Å². The molecule has 1 fully saturated rings. The molecular formula is C19H29Cl2IN4O2. The lowest BCUT2D eigenvalue weighted by molar-refractivity contribution is -0.127. The Kier molecular flexibility index (Phi) is 10.9. The van der Waals surface area contributed by atoms with Gasteiger partial charge in [-0.2, -0.15) is 0 Å². The van der Waals surface area contributed by atoms with E-state index in [0.29, 0.717) is 42.3 Å². The minimum atomic E-state index is -0.179. The van der Waals surface area contributed by atoms with Crippen LogP contribution in [-0.4, -0.2) is 63.7 Å². The van der Waals surface area contributed by atoms with E-state index in [1.54, 1.807) is 20.2 Å². The molecule has 158 valence electrons. The van der Waals surface area contributed by atoms with Gasteiger partial charge < -0.3 is 20.3 Å². The summed E-state index contributed by atoms with van der Waals surface area (Å²) in [4.78, 5) is 17.8. The first-order valence-corrected chi connectivity index (χ1v) is 9.89. The van der Waals surface area contributed by atoms with Crippen molar-refractivity contribution < 1.29 is 9.53 Å². The number of halogens is 3. The van der Waals surface area contributed by atoms with E-state index < -0.39 is 0 Å². The number of aliphatic imine (C=N–C) groups is 1. The smallest absolute Gasteiger partial charge is 0.243 e. The maximum Gasteiger partial charge on any atom is 0.243 e. The zero-order chi connectivity index (χ0) is 19.9. The molecule has 0 spiro atoms. The molecule has 1 aromatic rings. The molecule has 2 N–H and O–H groups in total. The number of amides is 1. The summed E-state index contributed by atoms with van der Waals surface area (Å²) < 4.78 is 5.58. The van der Waals surface area contributed by atoms with E-state index in [-0.39, 0.29) is 41.8 Å². The third-order valence-electron chi connectivity index (χ3n) is 4.76. The number of likely N-dealkylation sites (N-methyl/N-ethyl adjacent to an activating group) is 1. The summed E-state index contributed by atoms with van der Waals surface area (Å²) in [5, 5.41) is 7.86. The second kappa shape index (κ2) is 12.0. The molecule has 0 aromatic heterocycles. The average molecular weight is 543 g/mol. The first-order chi connectivity index (χ1) is 12.9. The molecule has 1 saturated heterocycles. The molecule has 0 atom stereocenters. The molecule has 2 rings (SSSR count). The number of benzene rings is 1.